The summed E-state index contributed by atoms with van der Waals surface area (Å²) in [5.41, 5.74) is -3.41. The van der Waals surface area contributed by atoms with Gasteiger partial charge < -0.3 is 26.2 Å². The lowest BCUT2D eigenvalue weighted by molar-refractivity contribution is -0.145. The van der Waals surface area contributed by atoms with Crippen LogP contribution >= 0.6 is 0 Å². The Hall–Kier alpha value is -2.81. The molecule has 5 rings (SSSR count). The van der Waals surface area contributed by atoms with E-state index in [4.69, 9.17) is 0 Å². The van der Waals surface area contributed by atoms with Gasteiger partial charge in [-0.05, 0) is 74.5 Å². The molecule has 5 aliphatic rings. The number of ketones is 1. The Labute approximate surface area is 308 Å². The molecule has 5 amide bonds. The number of carbonyl (C=O) groups is 5. The Kier molecular flexibility index (Phi) is 11.2. The molecule has 0 aromatic heterocycles. The second-order valence-corrected chi connectivity index (χ2v) is 20.6. The van der Waals surface area contributed by atoms with E-state index in [0.717, 1.165) is 36.4 Å². The van der Waals surface area contributed by atoms with Gasteiger partial charge in [-0.2, -0.15) is 4.31 Å². The topological polar surface area (TPSA) is 174 Å². The van der Waals surface area contributed by atoms with Crippen LogP contribution in [0.2, 0.25) is 0 Å². The van der Waals surface area contributed by atoms with Crippen molar-refractivity contribution in [2.24, 2.45) is 28.6 Å². The molecule has 52 heavy (non-hydrogen) atoms. The van der Waals surface area contributed by atoms with E-state index in [2.05, 4.69) is 35.1 Å². The van der Waals surface area contributed by atoms with Crippen LogP contribution in [0, 0.1) is 28.6 Å². The molecule has 4 saturated carbocycles. The molecule has 5 fully saturated rings. The van der Waals surface area contributed by atoms with Crippen LogP contribution in [-0.2, 0) is 29.2 Å². The Bertz CT molecular complexity index is 1530. The van der Waals surface area contributed by atoms with E-state index in [9.17, 15) is 36.8 Å². The molecular weight excluding hydrogens is 692 g/mol. The zero-order valence-electron chi connectivity index (χ0n) is 32.3. The van der Waals surface area contributed by atoms with Gasteiger partial charge in [0, 0.05) is 19.6 Å². The van der Waals surface area contributed by atoms with E-state index in [0.29, 0.717) is 38.6 Å². The highest BCUT2D eigenvalue weighted by atomic mass is 32.2. The van der Waals surface area contributed by atoms with Gasteiger partial charge in [0.25, 0.3) is 5.91 Å². The molecule has 0 radical (unpaired) electrons. The third-order valence-corrected chi connectivity index (χ3v) is 14.7. The third kappa shape index (κ3) is 8.76. The van der Waals surface area contributed by atoms with E-state index < -0.39 is 86.6 Å². The van der Waals surface area contributed by atoms with E-state index >= 15 is 0 Å². The van der Waals surface area contributed by atoms with Crippen LogP contribution in [0.15, 0.2) is 0 Å². The third-order valence-electron chi connectivity index (χ3n) is 12.4. The fourth-order valence-corrected chi connectivity index (χ4v) is 10.3. The van der Waals surface area contributed by atoms with Crippen LogP contribution in [0.25, 0.3) is 0 Å². The molecule has 0 aromatic carbocycles. The second-order valence-electron chi connectivity index (χ2n) is 18.6. The molecule has 15 heteroatoms. The van der Waals surface area contributed by atoms with Gasteiger partial charge >= 0.3 is 6.03 Å². The molecule has 294 valence electrons. The van der Waals surface area contributed by atoms with Crippen molar-refractivity contribution in [3.63, 3.8) is 0 Å². The van der Waals surface area contributed by atoms with Gasteiger partial charge in [-0.25, -0.2) is 17.6 Å². The predicted octanol–water partition coefficient (Wildman–Crippen LogP) is 3.03. The number of alkyl halides is 1. The molecule has 4 N–H and O–H groups in total. The molecule has 13 nitrogen and oxygen atoms in total. The number of rotatable bonds is 15. The van der Waals surface area contributed by atoms with Gasteiger partial charge in [0.15, 0.2) is 0 Å². The van der Waals surface area contributed by atoms with E-state index in [1.807, 2.05) is 20.8 Å². The summed E-state index contributed by atoms with van der Waals surface area (Å²) in [6, 6.07) is -3.66. The van der Waals surface area contributed by atoms with Crippen molar-refractivity contribution in [3.8, 4) is 0 Å². The Balaban J connectivity index is 1.33. The molecule has 0 aromatic rings. The lowest BCUT2D eigenvalue weighted by atomic mass is 9.83. The number of halogens is 1. The minimum absolute atomic E-state index is 0.00373. The average Bonchev–Trinajstić information content (AvgIpc) is 4.01. The Morgan fingerprint density at radius 2 is 1.56 bits per heavy atom. The molecule has 0 unspecified atom stereocenters. The Morgan fingerprint density at radius 3 is 2.10 bits per heavy atom. The average molecular weight is 753 g/mol. The van der Waals surface area contributed by atoms with Crippen molar-refractivity contribution in [2.75, 3.05) is 26.0 Å². The van der Waals surface area contributed by atoms with E-state index in [1.54, 1.807) is 0 Å². The number of hydrogen-bond acceptors (Lipinski definition) is 7. The summed E-state index contributed by atoms with van der Waals surface area (Å²) < 4.78 is 41.9. The highest BCUT2D eigenvalue weighted by Crippen LogP contribution is 2.65. The van der Waals surface area contributed by atoms with Crippen LogP contribution in [0.4, 0.5) is 9.18 Å². The quantitative estimate of drug-likeness (QED) is 0.186. The summed E-state index contributed by atoms with van der Waals surface area (Å²) in [4.78, 5) is 70.1. The number of likely N-dealkylation sites (tertiary alicyclic amines) is 1. The van der Waals surface area contributed by atoms with E-state index in [-0.39, 0.29) is 29.2 Å². The van der Waals surface area contributed by atoms with Gasteiger partial charge in [0.2, 0.25) is 27.6 Å². The number of carbonyl (C=O) groups excluding carboxylic acids is 5. The lowest BCUT2D eigenvalue weighted by Crippen LogP contribution is -2.64. The van der Waals surface area contributed by atoms with Crippen molar-refractivity contribution < 1.29 is 36.8 Å². The number of urea groups is 1. The van der Waals surface area contributed by atoms with Crippen LogP contribution in [0.5, 0.6) is 0 Å². The molecule has 5 atom stereocenters. The SMILES string of the molecule is CN(C(C)(C)CF)S(=O)(=O)CC1(NC(=O)N[C@H](C(=O)N2C[C@H]3[C@@H]([C@H]2C(=O)N[C@@H](CC2CC2)C(=O)C(=O)NC2CC2)C3(C)C)C(C)(C)C)CCCCC1. The first-order chi connectivity index (χ1) is 24.0. The van der Waals surface area contributed by atoms with Crippen LogP contribution in [0.3, 0.4) is 0 Å². The van der Waals surface area contributed by atoms with Gasteiger partial charge in [0.1, 0.15) is 18.8 Å². The maximum Gasteiger partial charge on any atom is 0.315 e. The number of sulfonamides is 1. The number of hydrogen-bond donors (Lipinski definition) is 4. The van der Waals surface area contributed by atoms with Crippen molar-refractivity contribution in [2.45, 2.75) is 148 Å². The standard InChI is InChI=1S/C37H61FN6O7S/c1-34(2,3)29(41-33(49)42-37(16-10-9-11-17-37)21-52(50,51)43(8)35(4,5)20-38)32(48)44-19-24-26(36(24,6)7)27(44)30(46)40-25(18-22-12-13-22)28(45)31(47)39-23-14-15-23/h22-27,29H,9-21H2,1-8H3,(H,39,47)(H,40,46)(H2,41,42,49)/t24-,25-,26-,27-,29+/m0/s1. The highest BCUT2D eigenvalue weighted by molar-refractivity contribution is 7.89. The number of nitrogens with one attached hydrogen (secondary N) is 4. The number of Topliss-reactive ketones (excluding diaryl/α,β-unsaturated/α-hetero) is 1. The van der Waals surface area contributed by atoms with Crippen molar-refractivity contribution in [1.29, 1.82) is 0 Å². The van der Waals surface area contributed by atoms with Crippen LogP contribution in [0.1, 0.15) is 113 Å². The first-order valence-corrected chi connectivity index (χ1v) is 20.7. The second kappa shape index (κ2) is 14.4. The lowest BCUT2D eigenvalue weighted by Gasteiger charge is -2.42. The fraction of sp³-hybridized carbons (Fsp3) is 0.865. The van der Waals surface area contributed by atoms with Gasteiger partial charge in [-0.3, -0.25) is 19.2 Å². The zero-order valence-corrected chi connectivity index (χ0v) is 33.1. The number of nitrogens with zero attached hydrogens (tertiary/aromatic N) is 2. The summed E-state index contributed by atoms with van der Waals surface area (Å²) in [7, 11) is -2.65. The normalized spacial score (nSPS) is 26.5. The minimum Gasteiger partial charge on any atom is -0.347 e. The van der Waals surface area contributed by atoms with Crippen molar-refractivity contribution in [3.05, 3.63) is 0 Å². The molecule has 0 spiro atoms. The number of fused-ring (bicyclic) bond motifs is 1. The monoisotopic (exact) mass is 752 g/mol. The predicted molar refractivity (Wildman–Crippen MR) is 194 cm³/mol. The van der Waals surface area contributed by atoms with Crippen LogP contribution < -0.4 is 21.3 Å². The zero-order chi connectivity index (χ0) is 38.6. The molecular formula is C37H61FN6O7S. The summed E-state index contributed by atoms with van der Waals surface area (Å²) in [6.07, 6.45) is 6.97. The van der Waals surface area contributed by atoms with Gasteiger partial charge in [-0.15, -0.1) is 0 Å². The summed E-state index contributed by atoms with van der Waals surface area (Å²) >= 11 is 0. The summed E-state index contributed by atoms with van der Waals surface area (Å²) in [6.45, 7) is 12.0. The molecule has 1 aliphatic heterocycles. The van der Waals surface area contributed by atoms with E-state index in [1.165, 1.54) is 25.8 Å². The maximum absolute atomic E-state index is 14.5. The number of piperidine rings is 1. The molecule has 1 heterocycles. The largest absolute Gasteiger partial charge is 0.347 e. The maximum atomic E-state index is 14.5. The van der Waals surface area contributed by atoms with Crippen molar-refractivity contribution >= 4 is 39.6 Å². The first kappa shape index (κ1) is 40.4. The smallest absolute Gasteiger partial charge is 0.315 e. The fourth-order valence-electron chi connectivity index (χ4n) is 8.29. The highest BCUT2D eigenvalue weighted by Gasteiger charge is 2.70. The minimum atomic E-state index is -4.00. The summed E-state index contributed by atoms with van der Waals surface area (Å²) in [5.74, 6) is -2.57. The number of amides is 5. The summed E-state index contributed by atoms with van der Waals surface area (Å²) in [5, 5.41) is 11.4. The molecule has 4 aliphatic carbocycles. The first-order valence-electron chi connectivity index (χ1n) is 19.1. The van der Waals surface area contributed by atoms with Crippen molar-refractivity contribution in [1.82, 2.24) is 30.5 Å². The van der Waals surface area contributed by atoms with Gasteiger partial charge in [0.05, 0.1) is 22.9 Å². The van der Waals surface area contributed by atoms with Crippen LogP contribution in [-0.4, -0.2) is 108 Å². The Morgan fingerprint density at radius 1 is 0.942 bits per heavy atom. The molecule has 1 saturated heterocycles. The van der Waals surface area contributed by atoms with Gasteiger partial charge in [-0.1, -0.05) is 66.7 Å². The molecule has 0 bridgehead atoms.